The van der Waals surface area contributed by atoms with E-state index in [1.54, 1.807) is 19.9 Å². The minimum absolute atomic E-state index is 0. The van der Waals surface area contributed by atoms with Gasteiger partial charge in [0.2, 0.25) is 0 Å². The first-order chi connectivity index (χ1) is 6.16. The third kappa shape index (κ3) is 2.90. The van der Waals surface area contributed by atoms with Crippen LogP contribution >= 0.6 is 0 Å². The number of rotatable bonds is 2. The van der Waals surface area contributed by atoms with Crippen molar-refractivity contribution in [1.29, 1.82) is 0 Å². The number of terminal acetylenes is 1. The third-order valence-electron chi connectivity index (χ3n) is 1.75. The number of hydrogen-bond acceptors (Lipinski definition) is 3. The van der Waals surface area contributed by atoms with E-state index >= 15 is 0 Å². The summed E-state index contributed by atoms with van der Waals surface area (Å²) in [4.78, 5) is 4.53. The molecule has 0 aliphatic rings. The normalized spacial score (nSPS) is 8.36. The first-order valence-corrected chi connectivity index (χ1v) is 3.75. The number of anilines is 1. The monoisotopic (exact) mass is 265 g/mol. The maximum Gasteiger partial charge on any atom is 0.142 e. The van der Waals surface area contributed by atoms with Crippen LogP contribution in [0.15, 0.2) is 6.07 Å². The van der Waals surface area contributed by atoms with Crippen LogP contribution in [0, 0.1) is 32.4 Å². The van der Waals surface area contributed by atoms with Gasteiger partial charge in [0.05, 0.1) is 0 Å². The SMILES string of the molecule is C#CONc1[c-]cc(C)c(O)c1C.[Y]. The molecule has 0 saturated carbocycles. The molecule has 2 N–H and O–H groups in total. The number of phenolic OH excluding ortho intramolecular Hbond substituents is 1. The van der Waals surface area contributed by atoms with Crippen molar-refractivity contribution in [3.8, 4) is 18.3 Å². The van der Waals surface area contributed by atoms with Gasteiger partial charge in [-0.15, -0.1) is 5.56 Å². The maximum absolute atomic E-state index is 9.52. The van der Waals surface area contributed by atoms with Crippen molar-refractivity contribution in [2.75, 3.05) is 5.48 Å². The van der Waals surface area contributed by atoms with Crippen LogP contribution < -0.4 is 5.48 Å². The van der Waals surface area contributed by atoms with Gasteiger partial charge in [0.25, 0.3) is 0 Å². The minimum atomic E-state index is 0. The number of aryl methyl sites for hydroxylation is 1. The van der Waals surface area contributed by atoms with E-state index < -0.39 is 0 Å². The molecule has 0 spiro atoms. The second kappa shape index (κ2) is 5.90. The van der Waals surface area contributed by atoms with E-state index in [1.807, 2.05) is 6.11 Å². The van der Waals surface area contributed by atoms with Crippen molar-refractivity contribution in [3.05, 3.63) is 23.3 Å². The van der Waals surface area contributed by atoms with Crippen molar-refractivity contribution in [2.24, 2.45) is 0 Å². The Balaban J connectivity index is 0.00000169. The largest absolute Gasteiger partial charge is 0.533 e. The van der Waals surface area contributed by atoms with Gasteiger partial charge in [-0.2, -0.15) is 12.1 Å². The second-order valence-corrected chi connectivity index (χ2v) is 2.64. The number of nitrogens with one attached hydrogen (secondary N) is 1. The summed E-state index contributed by atoms with van der Waals surface area (Å²) >= 11 is 0. The van der Waals surface area contributed by atoms with Gasteiger partial charge in [-0.3, -0.25) is 0 Å². The Morgan fingerprint density at radius 1 is 1.57 bits per heavy atom. The molecule has 0 saturated heterocycles. The van der Waals surface area contributed by atoms with Gasteiger partial charge in [-0.25, -0.2) is 5.48 Å². The second-order valence-electron chi connectivity index (χ2n) is 2.64. The minimum Gasteiger partial charge on any atom is -0.533 e. The zero-order valence-electron chi connectivity index (χ0n) is 8.09. The molecule has 1 radical (unpaired) electrons. The molecule has 0 amide bonds. The van der Waals surface area contributed by atoms with Crippen LogP contribution in [0.5, 0.6) is 5.75 Å². The zero-order chi connectivity index (χ0) is 9.84. The van der Waals surface area contributed by atoms with Crippen LogP contribution in [0.2, 0.25) is 0 Å². The van der Waals surface area contributed by atoms with Crippen LogP contribution in [-0.4, -0.2) is 5.11 Å². The van der Waals surface area contributed by atoms with E-state index in [-0.39, 0.29) is 38.5 Å². The molecule has 0 aromatic heterocycles. The van der Waals surface area contributed by atoms with Crippen molar-refractivity contribution in [1.82, 2.24) is 0 Å². The first-order valence-electron chi connectivity index (χ1n) is 3.75. The summed E-state index contributed by atoms with van der Waals surface area (Å²) in [6.07, 6.45) is 6.85. The zero-order valence-corrected chi connectivity index (χ0v) is 10.9. The van der Waals surface area contributed by atoms with E-state index in [4.69, 9.17) is 6.42 Å². The van der Waals surface area contributed by atoms with Crippen LogP contribution in [0.25, 0.3) is 0 Å². The molecule has 14 heavy (non-hydrogen) atoms. The molecule has 4 heteroatoms. The van der Waals surface area contributed by atoms with Gasteiger partial charge >= 0.3 is 0 Å². The van der Waals surface area contributed by atoms with Gasteiger partial charge in [0.1, 0.15) is 6.11 Å². The molecule has 0 aliphatic heterocycles. The van der Waals surface area contributed by atoms with Gasteiger partial charge in [0.15, 0.2) is 0 Å². The number of aromatic hydroxyl groups is 1. The predicted molar refractivity (Wildman–Crippen MR) is 50.0 cm³/mol. The molecular formula is C10H10NO2Y-. The molecule has 1 rings (SSSR count). The van der Waals surface area contributed by atoms with E-state index in [0.717, 1.165) is 5.56 Å². The van der Waals surface area contributed by atoms with Crippen LogP contribution in [-0.2, 0) is 37.5 Å². The molecule has 1 aromatic carbocycles. The molecule has 0 fully saturated rings. The summed E-state index contributed by atoms with van der Waals surface area (Å²) in [5, 5.41) is 9.52. The average molecular weight is 265 g/mol. The molecule has 71 valence electrons. The molecule has 0 unspecified atom stereocenters. The van der Waals surface area contributed by atoms with E-state index in [0.29, 0.717) is 11.3 Å². The predicted octanol–water partition coefficient (Wildman–Crippen LogP) is 1.74. The molecule has 0 heterocycles. The van der Waals surface area contributed by atoms with Gasteiger partial charge in [-0.1, -0.05) is 25.8 Å². The van der Waals surface area contributed by atoms with Gasteiger partial charge < -0.3 is 9.94 Å². The fraction of sp³-hybridized carbons (Fsp3) is 0.200. The summed E-state index contributed by atoms with van der Waals surface area (Å²) in [7, 11) is 0. The summed E-state index contributed by atoms with van der Waals surface area (Å²) in [6, 6.07) is 4.55. The Bertz CT molecular complexity index is 358. The Morgan fingerprint density at radius 2 is 2.21 bits per heavy atom. The van der Waals surface area contributed by atoms with Crippen molar-refractivity contribution in [3.63, 3.8) is 0 Å². The fourth-order valence-electron chi connectivity index (χ4n) is 0.958. The smallest absolute Gasteiger partial charge is 0.142 e. The Morgan fingerprint density at radius 3 is 2.79 bits per heavy atom. The van der Waals surface area contributed by atoms with Crippen LogP contribution in [0.4, 0.5) is 5.69 Å². The van der Waals surface area contributed by atoms with E-state index in [9.17, 15) is 5.11 Å². The molecule has 0 aliphatic carbocycles. The number of hydrogen-bond donors (Lipinski definition) is 2. The topological polar surface area (TPSA) is 41.5 Å². The Labute approximate surface area is 109 Å². The first kappa shape index (κ1) is 13.3. The summed E-state index contributed by atoms with van der Waals surface area (Å²) in [5.41, 5.74) is 4.45. The number of phenols is 1. The Kier molecular flexibility index (Phi) is 5.60. The Hall–Kier alpha value is -0.716. The molecule has 1 aromatic rings. The third-order valence-corrected chi connectivity index (χ3v) is 1.75. The van der Waals surface area contributed by atoms with Crippen LogP contribution in [0.3, 0.4) is 0 Å². The molecule has 0 atom stereocenters. The van der Waals surface area contributed by atoms with Crippen molar-refractivity contribution in [2.45, 2.75) is 13.8 Å². The van der Waals surface area contributed by atoms with Crippen LogP contribution in [0.1, 0.15) is 11.1 Å². The van der Waals surface area contributed by atoms with Crippen molar-refractivity contribution < 1.29 is 42.7 Å². The molecular weight excluding hydrogens is 255 g/mol. The molecule has 3 nitrogen and oxygen atoms in total. The molecule has 0 bridgehead atoms. The number of benzene rings is 1. The van der Waals surface area contributed by atoms with E-state index in [1.165, 1.54) is 0 Å². The van der Waals surface area contributed by atoms with Gasteiger partial charge in [0, 0.05) is 38.5 Å². The quantitative estimate of drug-likeness (QED) is 0.486. The standard InChI is InChI=1S/C10H10NO2.Y/c1-4-13-11-9-6-5-7(2)10(12)8(9)3;/h1,5,11-12H,2-3H3;/q-1;. The van der Waals surface area contributed by atoms with E-state index in [2.05, 4.69) is 16.4 Å². The summed E-state index contributed by atoms with van der Waals surface area (Å²) in [5.74, 6) is 0.224. The summed E-state index contributed by atoms with van der Waals surface area (Å²) in [6.45, 7) is 3.55. The average Bonchev–Trinajstić information content (AvgIpc) is 2.13. The van der Waals surface area contributed by atoms with Gasteiger partial charge in [-0.05, 0) is 5.69 Å². The maximum atomic E-state index is 9.52. The fourth-order valence-corrected chi connectivity index (χ4v) is 0.958. The van der Waals surface area contributed by atoms with Crippen molar-refractivity contribution >= 4 is 5.69 Å². The summed E-state index contributed by atoms with van der Waals surface area (Å²) < 4.78 is 0.